The molecule has 0 spiro atoms. The number of benzene rings is 1. The lowest BCUT2D eigenvalue weighted by atomic mass is 10.1. The predicted octanol–water partition coefficient (Wildman–Crippen LogP) is 4.19. The Morgan fingerprint density at radius 3 is 3.04 bits per heavy atom. The van der Waals surface area contributed by atoms with E-state index in [0.717, 1.165) is 30.9 Å². The zero-order valence-electron chi connectivity index (χ0n) is 13.0. The maximum atomic E-state index is 12.4. The fourth-order valence-corrected chi connectivity index (χ4v) is 3.94. The number of nitrogens with one attached hydrogen (secondary N) is 1. The molecule has 0 bridgehead atoms. The third-order valence-electron chi connectivity index (χ3n) is 3.71. The number of ether oxygens (including phenoxy) is 1. The number of aromatic nitrogens is 4. The molecule has 24 heavy (non-hydrogen) atoms. The lowest BCUT2D eigenvalue weighted by molar-refractivity contribution is 0.0521. The molecule has 0 unspecified atom stereocenters. The van der Waals surface area contributed by atoms with Crippen LogP contribution in [-0.2, 0) is 4.74 Å². The number of hydrogen-bond donors (Lipinski definition) is 1. The quantitative estimate of drug-likeness (QED) is 0.519. The van der Waals surface area contributed by atoms with Gasteiger partial charge in [0.05, 0.1) is 18.5 Å². The van der Waals surface area contributed by atoms with E-state index in [1.54, 1.807) is 11.4 Å². The summed E-state index contributed by atoms with van der Waals surface area (Å²) in [4.78, 5) is 20.9. The zero-order valence-corrected chi connectivity index (χ0v) is 15.4. The molecule has 6 nitrogen and oxygen atoms in total. The molecule has 4 rings (SSSR count). The van der Waals surface area contributed by atoms with Crippen molar-refractivity contribution in [2.75, 3.05) is 6.61 Å². The summed E-state index contributed by atoms with van der Waals surface area (Å²) >= 11 is 4.79. The van der Waals surface area contributed by atoms with E-state index in [9.17, 15) is 4.79 Å². The Hall–Kier alpha value is -2.19. The lowest BCUT2D eigenvalue weighted by Crippen LogP contribution is -2.06. The molecule has 0 amide bonds. The van der Waals surface area contributed by atoms with Gasteiger partial charge in [0.2, 0.25) is 4.96 Å². The minimum Gasteiger partial charge on any atom is -0.461 e. The summed E-state index contributed by atoms with van der Waals surface area (Å²) in [5.74, 6) is -0.383. The van der Waals surface area contributed by atoms with Crippen LogP contribution in [-0.4, -0.2) is 32.2 Å². The van der Waals surface area contributed by atoms with Crippen LogP contribution >= 0.6 is 27.3 Å². The number of H-pyrrole nitrogens is 1. The Morgan fingerprint density at radius 2 is 2.29 bits per heavy atom. The van der Waals surface area contributed by atoms with Crippen molar-refractivity contribution in [3.63, 3.8) is 0 Å². The fourth-order valence-electron chi connectivity index (χ4n) is 2.72. The second-order valence-electron chi connectivity index (χ2n) is 5.35. The molecule has 0 atom stereocenters. The van der Waals surface area contributed by atoms with Gasteiger partial charge < -0.3 is 9.72 Å². The van der Waals surface area contributed by atoms with E-state index in [1.165, 1.54) is 11.3 Å². The number of fused-ring (bicyclic) bond motifs is 2. The van der Waals surface area contributed by atoms with Crippen molar-refractivity contribution < 1.29 is 9.53 Å². The first kappa shape index (κ1) is 15.3. The van der Waals surface area contributed by atoms with E-state index >= 15 is 0 Å². The number of rotatable bonds is 3. The zero-order chi connectivity index (χ0) is 16.8. The topological polar surface area (TPSA) is 72.3 Å². The van der Waals surface area contributed by atoms with E-state index in [1.807, 2.05) is 31.3 Å². The highest BCUT2D eigenvalue weighted by atomic mass is 79.9. The molecule has 4 aromatic rings. The van der Waals surface area contributed by atoms with Gasteiger partial charge in [-0.1, -0.05) is 23.0 Å². The number of carbonyl (C=O) groups is 1. The molecule has 0 saturated carbocycles. The highest BCUT2D eigenvalue weighted by molar-refractivity contribution is 9.11. The molecule has 1 N–H and O–H groups in total. The molecule has 122 valence electrons. The van der Waals surface area contributed by atoms with Gasteiger partial charge in [-0.15, -0.1) is 5.10 Å². The van der Waals surface area contributed by atoms with Gasteiger partial charge in [-0.2, -0.15) is 0 Å². The Bertz CT molecular complexity index is 1050. The van der Waals surface area contributed by atoms with Gasteiger partial charge in [-0.3, -0.25) is 0 Å². The fraction of sp³-hybridized carbons (Fsp3) is 0.188. The van der Waals surface area contributed by atoms with E-state index in [0.29, 0.717) is 18.0 Å². The maximum absolute atomic E-state index is 12.4. The van der Waals surface area contributed by atoms with Crippen LogP contribution in [0.5, 0.6) is 0 Å². The molecule has 3 aromatic heterocycles. The summed E-state index contributed by atoms with van der Waals surface area (Å²) in [5.41, 5.74) is 3.86. The Kier molecular flexibility index (Phi) is 3.65. The van der Waals surface area contributed by atoms with Crippen molar-refractivity contribution in [2.24, 2.45) is 0 Å². The van der Waals surface area contributed by atoms with Crippen LogP contribution in [0.25, 0.3) is 27.1 Å². The van der Waals surface area contributed by atoms with Gasteiger partial charge in [0.1, 0.15) is 5.69 Å². The smallest absolute Gasteiger partial charge is 0.355 e. The van der Waals surface area contributed by atoms with Gasteiger partial charge in [0.15, 0.2) is 3.92 Å². The van der Waals surface area contributed by atoms with Gasteiger partial charge in [-0.25, -0.2) is 14.3 Å². The first-order valence-corrected chi connectivity index (χ1v) is 8.99. The number of halogens is 1. The van der Waals surface area contributed by atoms with Crippen LogP contribution in [0.3, 0.4) is 0 Å². The molecule has 0 fully saturated rings. The number of carbonyl (C=O) groups excluding carboxylic acids is 1. The predicted molar refractivity (Wildman–Crippen MR) is 96.6 cm³/mol. The summed E-state index contributed by atoms with van der Waals surface area (Å²) in [6.45, 7) is 4.13. The summed E-state index contributed by atoms with van der Waals surface area (Å²) in [6, 6.07) is 6.01. The van der Waals surface area contributed by atoms with Crippen molar-refractivity contribution in [1.29, 1.82) is 0 Å². The number of aromatic amines is 1. The number of nitrogens with zero attached hydrogens (tertiary/aromatic N) is 3. The summed E-state index contributed by atoms with van der Waals surface area (Å²) < 4.78 is 7.66. The first-order chi connectivity index (χ1) is 11.6. The van der Waals surface area contributed by atoms with Crippen LogP contribution in [0.4, 0.5) is 0 Å². The van der Waals surface area contributed by atoms with Crippen LogP contribution in [0, 0.1) is 6.92 Å². The van der Waals surface area contributed by atoms with Crippen LogP contribution in [0.15, 0.2) is 28.3 Å². The van der Waals surface area contributed by atoms with Gasteiger partial charge in [0, 0.05) is 16.5 Å². The molecule has 3 heterocycles. The third-order valence-corrected chi connectivity index (χ3v) is 5.06. The summed E-state index contributed by atoms with van der Waals surface area (Å²) in [7, 11) is 0. The average Bonchev–Trinajstić information content (AvgIpc) is 3.17. The second kappa shape index (κ2) is 5.71. The second-order valence-corrected chi connectivity index (χ2v) is 7.58. The van der Waals surface area contributed by atoms with Crippen molar-refractivity contribution in [1.82, 2.24) is 19.6 Å². The molecule has 0 aliphatic carbocycles. The van der Waals surface area contributed by atoms with Crippen molar-refractivity contribution in [3.8, 4) is 11.3 Å². The van der Waals surface area contributed by atoms with Crippen molar-refractivity contribution in [3.05, 3.63) is 39.6 Å². The van der Waals surface area contributed by atoms with E-state index in [4.69, 9.17) is 4.74 Å². The molecule has 0 aliphatic rings. The van der Waals surface area contributed by atoms with E-state index in [2.05, 4.69) is 31.0 Å². The molecule has 0 aliphatic heterocycles. The number of aryl methyl sites for hydroxylation is 1. The summed E-state index contributed by atoms with van der Waals surface area (Å²) in [5, 5.41) is 5.26. The van der Waals surface area contributed by atoms with Crippen LogP contribution < -0.4 is 0 Å². The van der Waals surface area contributed by atoms with Crippen LogP contribution in [0.1, 0.15) is 23.0 Å². The minimum atomic E-state index is -0.383. The van der Waals surface area contributed by atoms with Crippen LogP contribution in [0.2, 0.25) is 0 Å². The SMILES string of the molecule is CCOC(=O)c1[nH]c2ccc(C)cc2c1-c1cn2nc(Br)sc2n1. The highest BCUT2D eigenvalue weighted by Crippen LogP contribution is 2.34. The Labute approximate surface area is 149 Å². The molecule has 0 saturated heterocycles. The minimum absolute atomic E-state index is 0.319. The number of hydrogen-bond acceptors (Lipinski definition) is 5. The third kappa shape index (κ3) is 2.42. The molecule has 1 aromatic carbocycles. The normalized spacial score (nSPS) is 11.5. The monoisotopic (exact) mass is 404 g/mol. The van der Waals surface area contributed by atoms with Gasteiger partial charge >= 0.3 is 5.97 Å². The highest BCUT2D eigenvalue weighted by Gasteiger charge is 2.23. The standard InChI is InChI=1S/C16H13BrN4O2S/c1-3-23-14(22)13-12(9-6-8(2)4-5-10(9)18-13)11-7-21-16(19-11)24-15(17)20-21/h4-7,18H,3H2,1-2H3. The molecular formula is C16H13BrN4O2S. The largest absolute Gasteiger partial charge is 0.461 e. The first-order valence-electron chi connectivity index (χ1n) is 7.38. The average molecular weight is 405 g/mol. The van der Waals surface area contributed by atoms with Crippen molar-refractivity contribution in [2.45, 2.75) is 13.8 Å². The number of imidazole rings is 1. The number of esters is 1. The molecule has 0 radical (unpaired) electrons. The Morgan fingerprint density at radius 1 is 1.46 bits per heavy atom. The van der Waals surface area contributed by atoms with E-state index < -0.39 is 0 Å². The van der Waals surface area contributed by atoms with Crippen molar-refractivity contribution >= 4 is 49.1 Å². The Balaban J connectivity index is 1.99. The van der Waals surface area contributed by atoms with Gasteiger partial charge in [0.25, 0.3) is 0 Å². The molecule has 8 heteroatoms. The van der Waals surface area contributed by atoms with E-state index in [-0.39, 0.29) is 5.97 Å². The van der Waals surface area contributed by atoms with Gasteiger partial charge in [-0.05, 0) is 41.9 Å². The molecular weight excluding hydrogens is 392 g/mol. The summed E-state index contributed by atoms with van der Waals surface area (Å²) in [6.07, 6.45) is 1.82. The maximum Gasteiger partial charge on any atom is 0.355 e. The lowest BCUT2D eigenvalue weighted by Gasteiger charge is -2.02.